The van der Waals surface area contributed by atoms with Crippen molar-refractivity contribution in [1.82, 2.24) is 4.90 Å². The molecule has 1 aliphatic rings. The third-order valence-corrected chi connectivity index (χ3v) is 4.93. The van der Waals surface area contributed by atoms with Crippen molar-refractivity contribution in [2.24, 2.45) is 0 Å². The van der Waals surface area contributed by atoms with Crippen molar-refractivity contribution < 1.29 is 9.53 Å². The number of piperazine rings is 1. The minimum absolute atomic E-state index is 0.119. The number of aryl methyl sites for hydroxylation is 1. The highest BCUT2D eigenvalue weighted by molar-refractivity contribution is 5.94. The highest BCUT2D eigenvalue weighted by Gasteiger charge is 2.19. The van der Waals surface area contributed by atoms with Gasteiger partial charge in [-0.3, -0.25) is 4.79 Å². The lowest BCUT2D eigenvalue weighted by Gasteiger charge is -2.34. The number of nitrogens with zero attached hydrogens (tertiary/aromatic N) is 2. The first-order valence-electron chi connectivity index (χ1n) is 9.63. The molecule has 2 aromatic rings. The molecule has 0 bridgehead atoms. The summed E-state index contributed by atoms with van der Waals surface area (Å²) in [5.41, 5.74) is 3.11. The molecule has 1 amide bonds. The van der Waals surface area contributed by atoms with E-state index in [0.717, 1.165) is 43.2 Å². The van der Waals surface area contributed by atoms with Crippen molar-refractivity contribution >= 4 is 17.3 Å². The summed E-state index contributed by atoms with van der Waals surface area (Å²) in [5, 5.41) is 2.97. The number of nitrogens with one attached hydrogen (secondary N) is 1. The lowest BCUT2D eigenvalue weighted by Crippen LogP contribution is -2.44. The molecule has 3 rings (SSSR count). The molecule has 144 valence electrons. The molecular weight excluding hydrogens is 338 g/mol. The summed E-state index contributed by atoms with van der Waals surface area (Å²) >= 11 is 0. The fourth-order valence-electron chi connectivity index (χ4n) is 3.22. The molecule has 1 fully saturated rings. The van der Waals surface area contributed by atoms with Gasteiger partial charge in [-0.2, -0.15) is 0 Å². The SMILES string of the molecule is CCC(Oc1cccc(C)c1)C(=O)Nc1ccc(N2CCN(C)CC2)cc1. The topological polar surface area (TPSA) is 44.8 Å². The maximum atomic E-state index is 12.6. The first kappa shape index (κ1) is 19.2. The van der Waals surface area contributed by atoms with Crippen molar-refractivity contribution in [1.29, 1.82) is 0 Å². The molecule has 2 aromatic carbocycles. The van der Waals surface area contributed by atoms with Gasteiger partial charge in [-0.05, 0) is 62.4 Å². The standard InChI is InChI=1S/C22H29N3O2/c1-4-21(27-20-7-5-6-17(2)16-20)22(26)23-18-8-10-19(11-9-18)25-14-12-24(3)13-15-25/h5-11,16,21H,4,12-15H2,1-3H3,(H,23,26). The van der Waals surface area contributed by atoms with Gasteiger partial charge < -0.3 is 19.9 Å². The average Bonchev–Trinajstić information content (AvgIpc) is 2.67. The summed E-state index contributed by atoms with van der Waals surface area (Å²) in [6.07, 6.45) is 0.100. The molecule has 5 heteroatoms. The van der Waals surface area contributed by atoms with Gasteiger partial charge in [0.05, 0.1) is 0 Å². The Kier molecular flexibility index (Phi) is 6.35. The van der Waals surface area contributed by atoms with Gasteiger partial charge in [0.2, 0.25) is 0 Å². The highest BCUT2D eigenvalue weighted by Crippen LogP contribution is 2.20. The predicted molar refractivity (Wildman–Crippen MR) is 111 cm³/mol. The van der Waals surface area contributed by atoms with E-state index in [1.165, 1.54) is 5.69 Å². The molecule has 0 saturated carbocycles. The molecule has 1 heterocycles. The lowest BCUT2D eigenvalue weighted by atomic mass is 10.2. The largest absolute Gasteiger partial charge is 0.481 e. The maximum Gasteiger partial charge on any atom is 0.265 e. The molecule has 1 atom stereocenters. The van der Waals surface area contributed by atoms with Crippen LogP contribution in [0.4, 0.5) is 11.4 Å². The van der Waals surface area contributed by atoms with Crippen LogP contribution in [0, 0.1) is 6.92 Å². The fourth-order valence-corrected chi connectivity index (χ4v) is 3.22. The Morgan fingerprint density at radius 2 is 1.81 bits per heavy atom. The number of carbonyl (C=O) groups is 1. The van der Waals surface area contributed by atoms with Crippen LogP contribution in [0.15, 0.2) is 48.5 Å². The van der Waals surface area contributed by atoms with Gasteiger partial charge in [-0.15, -0.1) is 0 Å². The van der Waals surface area contributed by atoms with E-state index in [0.29, 0.717) is 6.42 Å². The molecule has 1 aliphatic heterocycles. The van der Waals surface area contributed by atoms with E-state index in [9.17, 15) is 4.79 Å². The minimum atomic E-state index is -0.510. The zero-order chi connectivity index (χ0) is 19.2. The number of ether oxygens (including phenoxy) is 1. The second-order valence-corrected chi connectivity index (χ2v) is 7.16. The average molecular weight is 367 g/mol. The van der Waals surface area contributed by atoms with Crippen LogP contribution < -0.4 is 15.0 Å². The Balaban J connectivity index is 1.59. The van der Waals surface area contributed by atoms with Crippen LogP contribution in [0.5, 0.6) is 5.75 Å². The summed E-state index contributed by atoms with van der Waals surface area (Å²) in [4.78, 5) is 17.3. The summed E-state index contributed by atoms with van der Waals surface area (Å²) in [7, 11) is 2.15. The van der Waals surface area contributed by atoms with Crippen molar-refractivity contribution in [2.75, 3.05) is 43.4 Å². The van der Waals surface area contributed by atoms with Crippen molar-refractivity contribution in [3.63, 3.8) is 0 Å². The zero-order valence-corrected chi connectivity index (χ0v) is 16.4. The third-order valence-electron chi connectivity index (χ3n) is 4.93. The number of hydrogen-bond acceptors (Lipinski definition) is 4. The van der Waals surface area contributed by atoms with Gasteiger partial charge in [-0.1, -0.05) is 19.1 Å². The van der Waals surface area contributed by atoms with Gasteiger partial charge in [0.25, 0.3) is 5.91 Å². The quantitative estimate of drug-likeness (QED) is 0.848. The van der Waals surface area contributed by atoms with E-state index in [2.05, 4.69) is 34.3 Å². The molecular formula is C22H29N3O2. The van der Waals surface area contributed by atoms with E-state index in [4.69, 9.17) is 4.74 Å². The molecule has 1 unspecified atom stereocenters. The van der Waals surface area contributed by atoms with Crippen molar-refractivity contribution in [3.05, 3.63) is 54.1 Å². The Bertz CT molecular complexity index is 752. The Hall–Kier alpha value is -2.53. The van der Waals surface area contributed by atoms with Crippen LogP contribution in [0.2, 0.25) is 0 Å². The molecule has 1 saturated heterocycles. The van der Waals surface area contributed by atoms with Crippen LogP contribution in [0.3, 0.4) is 0 Å². The van der Waals surface area contributed by atoms with E-state index >= 15 is 0 Å². The summed E-state index contributed by atoms with van der Waals surface area (Å²) < 4.78 is 5.88. The fraction of sp³-hybridized carbons (Fsp3) is 0.409. The zero-order valence-electron chi connectivity index (χ0n) is 16.4. The van der Waals surface area contributed by atoms with Gasteiger partial charge in [0.1, 0.15) is 5.75 Å². The number of anilines is 2. The first-order chi connectivity index (χ1) is 13.0. The number of benzene rings is 2. The summed E-state index contributed by atoms with van der Waals surface area (Å²) in [6, 6.07) is 15.8. The molecule has 1 N–H and O–H groups in total. The van der Waals surface area contributed by atoms with Crippen LogP contribution in [0.1, 0.15) is 18.9 Å². The minimum Gasteiger partial charge on any atom is -0.481 e. The van der Waals surface area contributed by atoms with E-state index in [1.54, 1.807) is 0 Å². The van der Waals surface area contributed by atoms with Crippen LogP contribution >= 0.6 is 0 Å². The normalized spacial score (nSPS) is 16.0. The number of rotatable bonds is 6. The van der Waals surface area contributed by atoms with Crippen LogP contribution in [-0.4, -0.2) is 50.1 Å². The second-order valence-electron chi connectivity index (χ2n) is 7.16. The van der Waals surface area contributed by atoms with Crippen molar-refractivity contribution in [3.8, 4) is 5.75 Å². The maximum absolute atomic E-state index is 12.6. The summed E-state index contributed by atoms with van der Waals surface area (Å²) in [5.74, 6) is 0.605. The third kappa shape index (κ3) is 5.23. The second kappa shape index (κ2) is 8.91. The number of likely N-dealkylation sites (N-methyl/N-ethyl adjacent to an activating group) is 1. The monoisotopic (exact) mass is 367 g/mol. The number of carbonyl (C=O) groups excluding carboxylic acids is 1. The Morgan fingerprint density at radius 3 is 2.44 bits per heavy atom. The Labute approximate surface area is 161 Å². The number of amides is 1. The predicted octanol–water partition coefficient (Wildman–Crippen LogP) is 3.54. The highest BCUT2D eigenvalue weighted by atomic mass is 16.5. The van der Waals surface area contributed by atoms with Gasteiger partial charge in [0.15, 0.2) is 6.10 Å². The number of hydrogen-bond donors (Lipinski definition) is 1. The lowest BCUT2D eigenvalue weighted by molar-refractivity contribution is -0.122. The van der Waals surface area contributed by atoms with Gasteiger partial charge in [-0.25, -0.2) is 0 Å². The van der Waals surface area contributed by atoms with Crippen LogP contribution in [0.25, 0.3) is 0 Å². The van der Waals surface area contributed by atoms with Crippen molar-refractivity contribution in [2.45, 2.75) is 26.4 Å². The van der Waals surface area contributed by atoms with Gasteiger partial charge in [0, 0.05) is 37.6 Å². The molecule has 5 nitrogen and oxygen atoms in total. The Morgan fingerprint density at radius 1 is 1.11 bits per heavy atom. The van der Waals surface area contributed by atoms with Crippen LogP contribution in [-0.2, 0) is 4.79 Å². The molecule has 0 spiro atoms. The molecule has 0 aliphatic carbocycles. The van der Waals surface area contributed by atoms with E-state index < -0.39 is 6.10 Å². The first-order valence-corrected chi connectivity index (χ1v) is 9.63. The van der Waals surface area contributed by atoms with E-state index in [-0.39, 0.29) is 5.91 Å². The molecule has 27 heavy (non-hydrogen) atoms. The molecule has 0 aromatic heterocycles. The molecule has 0 radical (unpaired) electrons. The van der Waals surface area contributed by atoms with E-state index in [1.807, 2.05) is 50.2 Å². The summed E-state index contributed by atoms with van der Waals surface area (Å²) in [6.45, 7) is 8.18. The van der Waals surface area contributed by atoms with Gasteiger partial charge >= 0.3 is 0 Å². The smallest absolute Gasteiger partial charge is 0.265 e.